The molecule has 0 amide bonds. The van der Waals surface area contributed by atoms with Crippen molar-refractivity contribution in [2.24, 2.45) is 0 Å². The molecule has 0 N–H and O–H groups in total. The van der Waals surface area contributed by atoms with E-state index in [1.807, 2.05) is 0 Å². The molecular formula is C6H9LiO2. The standard InChI is InChI=1S/C6H9O2.Li/c1-4-6(5-2)8-7-3;/h1,4-6H,2H2,3H3;/q-1;+1. The quantitative estimate of drug-likeness (QED) is 0.142. The summed E-state index contributed by atoms with van der Waals surface area (Å²) in [5.74, 6) is 0. The molecule has 0 aliphatic heterocycles. The Morgan fingerprint density at radius 3 is 2.33 bits per heavy atom. The topological polar surface area (TPSA) is 18.5 Å². The van der Waals surface area contributed by atoms with Crippen molar-refractivity contribution in [3.8, 4) is 0 Å². The van der Waals surface area contributed by atoms with Gasteiger partial charge in [-0.25, -0.2) is 15.9 Å². The van der Waals surface area contributed by atoms with Crippen LogP contribution in [0.3, 0.4) is 0 Å². The Morgan fingerprint density at radius 1 is 1.67 bits per heavy atom. The van der Waals surface area contributed by atoms with E-state index in [4.69, 9.17) is 6.58 Å². The van der Waals surface area contributed by atoms with Gasteiger partial charge in [-0.1, -0.05) is 6.08 Å². The van der Waals surface area contributed by atoms with Crippen LogP contribution in [-0.2, 0) is 9.78 Å². The van der Waals surface area contributed by atoms with Crippen LogP contribution in [0.25, 0.3) is 0 Å². The van der Waals surface area contributed by atoms with E-state index in [-0.39, 0.29) is 25.0 Å². The Kier molecular flexibility index (Phi) is 10.4. The summed E-state index contributed by atoms with van der Waals surface area (Å²) in [6.45, 7) is 8.50. The maximum Gasteiger partial charge on any atom is 1.00 e. The summed E-state index contributed by atoms with van der Waals surface area (Å²) >= 11 is 0. The van der Waals surface area contributed by atoms with E-state index in [1.165, 1.54) is 19.3 Å². The van der Waals surface area contributed by atoms with Crippen molar-refractivity contribution in [1.82, 2.24) is 0 Å². The summed E-state index contributed by atoms with van der Waals surface area (Å²) < 4.78 is 0. The van der Waals surface area contributed by atoms with E-state index in [9.17, 15) is 0 Å². The van der Waals surface area contributed by atoms with Gasteiger partial charge in [0, 0.05) is 0 Å². The van der Waals surface area contributed by atoms with E-state index < -0.39 is 0 Å². The molecule has 0 rings (SSSR count). The Bertz CT molecular complexity index is 75.1. The third kappa shape index (κ3) is 5.87. The number of hydrogen-bond donors (Lipinski definition) is 0. The molecule has 1 atom stereocenters. The van der Waals surface area contributed by atoms with Crippen LogP contribution in [0.15, 0.2) is 18.7 Å². The summed E-state index contributed by atoms with van der Waals surface area (Å²) in [6, 6.07) is 0. The van der Waals surface area contributed by atoms with Crippen molar-refractivity contribution < 1.29 is 28.6 Å². The Hall–Kier alpha value is -0.00260. The van der Waals surface area contributed by atoms with Crippen LogP contribution in [0.4, 0.5) is 0 Å². The van der Waals surface area contributed by atoms with Gasteiger partial charge in [0.1, 0.15) is 0 Å². The number of rotatable bonds is 4. The summed E-state index contributed by atoms with van der Waals surface area (Å²) in [6.07, 6.45) is 2.57. The zero-order valence-electron chi connectivity index (χ0n) is 5.83. The zero-order valence-corrected chi connectivity index (χ0v) is 5.83. The predicted molar refractivity (Wildman–Crippen MR) is 30.9 cm³/mol. The van der Waals surface area contributed by atoms with Crippen LogP contribution in [0.2, 0.25) is 0 Å². The van der Waals surface area contributed by atoms with Gasteiger partial charge in [-0.2, -0.15) is 0 Å². The molecule has 0 bridgehead atoms. The van der Waals surface area contributed by atoms with Crippen molar-refractivity contribution in [3.63, 3.8) is 0 Å². The van der Waals surface area contributed by atoms with Crippen molar-refractivity contribution in [2.75, 3.05) is 7.11 Å². The molecule has 0 saturated heterocycles. The van der Waals surface area contributed by atoms with Gasteiger partial charge in [0.15, 0.2) is 0 Å². The van der Waals surface area contributed by atoms with Crippen LogP contribution >= 0.6 is 0 Å². The fourth-order valence-corrected chi connectivity index (χ4v) is 0.261. The fourth-order valence-electron chi connectivity index (χ4n) is 0.261. The predicted octanol–water partition coefficient (Wildman–Crippen LogP) is -1.89. The third-order valence-electron chi connectivity index (χ3n) is 0.629. The first kappa shape index (κ1) is 11.8. The van der Waals surface area contributed by atoms with Crippen LogP contribution in [0, 0.1) is 6.58 Å². The van der Waals surface area contributed by atoms with Gasteiger partial charge >= 0.3 is 18.9 Å². The molecular weight excluding hydrogens is 111 g/mol. The van der Waals surface area contributed by atoms with Crippen molar-refractivity contribution in [3.05, 3.63) is 25.3 Å². The molecule has 0 fully saturated rings. The van der Waals surface area contributed by atoms with E-state index in [0.717, 1.165) is 0 Å². The molecule has 0 aromatic rings. The molecule has 0 aliphatic rings. The molecule has 0 spiro atoms. The second-order valence-corrected chi connectivity index (χ2v) is 1.16. The maximum absolute atomic E-state index is 5.07. The van der Waals surface area contributed by atoms with Crippen LogP contribution in [-0.4, -0.2) is 13.2 Å². The third-order valence-corrected chi connectivity index (χ3v) is 0.629. The van der Waals surface area contributed by atoms with Gasteiger partial charge in [-0.15, -0.1) is 6.58 Å². The molecule has 0 radical (unpaired) electrons. The van der Waals surface area contributed by atoms with Crippen molar-refractivity contribution >= 4 is 0 Å². The van der Waals surface area contributed by atoms with Gasteiger partial charge < -0.3 is 6.58 Å². The molecule has 9 heavy (non-hydrogen) atoms. The molecule has 0 saturated carbocycles. The van der Waals surface area contributed by atoms with Gasteiger partial charge in [-0.3, -0.25) is 0 Å². The Balaban J connectivity index is 0. The van der Waals surface area contributed by atoms with Gasteiger partial charge in [-0.05, 0) is 0 Å². The average Bonchev–Trinajstić information content (AvgIpc) is 1.83. The molecule has 0 aliphatic carbocycles. The maximum atomic E-state index is 5.07. The first-order chi connectivity index (χ1) is 3.85. The summed E-state index contributed by atoms with van der Waals surface area (Å²) in [7, 11) is 1.42. The summed E-state index contributed by atoms with van der Waals surface area (Å²) in [5, 5.41) is 0. The van der Waals surface area contributed by atoms with E-state index in [2.05, 4.69) is 16.4 Å². The summed E-state index contributed by atoms with van der Waals surface area (Å²) in [4.78, 5) is 8.84. The molecule has 2 nitrogen and oxygen atoms in total. The molecule has 46 valence electrons. The minimum atomic E-state index is -0.306. The number of hydrogen-bond acceptors (Lipinski definition) is 2. The monoisotopic (exact) mass is 120 g/mol. The largest absolute Gasteiger partial charge is 1.00 e. The average molecular weight is 120 g/mol. The van der Waals surface area contributed by atoms with Gasteiger partial charge in [0.05, 0.1) is 13.2 Å². The molecule has 0 aromatic carbocycles. The Labute approximate surface area is 67.6 Å². The minimum Gasteiger partial charge on any atom is -0.515 e. The van der Waals surface area contributed by atoms with Gasteiger partial charge in [0.2, 0.25) is 0 Å². The minimum absolute atomic E-state index is 0. The van der Waals surface area contributed by atoms with E-state index >= 15 is 0 Å². The van der Waals surface area contributed by atoms with Crippen molar-refractivity contribution in [1.29, 1.82) is 0 Å². The smallest absolute Gasteiger partial charge is 0.515 e. The summed E-state index contributed by atoms with van der Waals surface area (Å²) in [5.41, 5.74) is 0. The van der Waals surface area contributed by atoms with Crippen LogP contribution in [0.1, 0.15) is 0 Å². The molecule has 3 heteroatoms. The fraction of sp³-hybridized carbons (Fsp3) is 0.333. The second kappa shape index (κ2) is 8.00. The van der Waals surface area contributed by atoms with Crippen molar-refractivity contribution in [2.45, 2.75) is 6.10 Å². The van der Waals surface area contributed by atoms with Gasteiger partial charge in [0.25, 0.3) is 0 Å². The zero-order chi connectivity index (χ0) is 6.41. The first-order valence-electron chi connectivity index (χ1n) is 2.22. The molecule has 0 aromatic heterocycles. The molecule has 1 unspecified atom stereocenters. The second-order valence-electron chi connectivity index (χ2n) is 1.16. The SMILES string of the molecule is [CH-]=CC(C=C)OOC.[Li+]. The molecule has 0 heterocycles. The first-order valence-corrected chi connectivity index (χ1v) is 2.22. The van der Waals surface area contributed by atoms with E-state index in [0.29, 0.717) is 0 Å². The normalized spacial score (nSPS) is 11.2. The Morgan fingerprint density at radius 2 is 2.22 bits per heavy atom. The van der Waals surface area contributed by atoms with E-state index in [1.54, 1.807) is 0 Å². The van der Waals surface area contributed by atoms with Crippen LogP contribution < -0.4 is 18.9 Å². The van der Waals surface area contributed by atoms with Crippen LogP contribution in [0.5, 0.6) is 0 Å².